The number of methoxy groups -OCH3 is 2. The molecule has 0 unspecified atom stereocenters. The molecule has 6 rings (SSSR count). The predicted octanol–water partition coefficient (Wildman–Crippen LogP) is 2.63. The molecule has 0 fully saturated rings. The maximum absolute atomic E-state index is 12.7. The van der Waals surface area contributed by atoms with Gasteiger partial charge in [-0.1, -0.05) is 0 Å². The molecule has 1 aliphatic heterocycles. The first kappa shape index (κ1) is 16.5. The first-order chi connectivity index (χ1) is 13.1. The van der Waals surface area contributed by atoms with Gasteiger partial charge in [0, 0.05) is 0 Å². The molecular weight excluding hydrogens is 407 g/mol. The number of allylic oxidation sites excluding steroid dienone is 1. The van der Waals surface area contributed by atoms with Gasteiger partial charge in [-0.2, -0.15) is 0 Å². The summed E-state index contributed by atoms with van der Waals surface area (Å²) in [5.74, 6) is -0.844. The van der Waals surface area contributed by atoms with Crippen LogP contribution in [0.1, 0.15) is 28.2 Å². The molecule has 27 heavy (non-hydrogen) atoms. The number of rotatable bonds is 2. The molecule has 0 atom stereocenters. The van der Waals surface area contributed by atoms with Gasteiger partial charge in [0.15, 0.2) is 0 Å². The van der Waals surface area contributed by atoms with Crippen molar-refractivity contribution in [3.63, 3.8) is 0 Å². The van der Waals surface area contributed by atoms with Crippen molar-refractivity contribution in [2.75, 3.05) is 14.2 Å². The van der Waals surface area contributed by atoms with Crippen LogP contribution in [0.5, 0.6) is 0 Å². The summed E-state index contributed by atoms with van der Waals surface area (Å²) >= 11 is -0.340. The van der Waals surface area contributed by atoms with Gasteiger partial charge in [-0.25, -0.2) is 0 Å². The van der Waals surface area contributed by atoms with Crippen molar-refractivity contribution in [1.29, 1.82) is 0 Å². The summed E-state index contributed by atoms with van der Waals surface area (Å²) in [6.45, 7) is 0. The average Bonchev–Trinajstić information content (AvgIpc) is 3.09. The molecule has 1 spiro atoms. The van der Waals surface area contributed by atoms with Crippen LogP contribution in [0.15, 0.2) is 70.2 Å². The van der Waals surface area contributed by atoms with Gasteiger partial charge >= 0.3 is 163 Å². The van der Waals surface area contributed by atoms with Crippen molar-refractivity contribution >= 4 is 26.9 Å². The van der Waals surface area contributed by atoms with E-state index < -0.39 is 16.3 Å². The number of carbonyl (C=O) groups is 2. The first-order valence-electron chi connectivity index (χ1n) is 8.65. The van der Waals surface area contributed by atoms with Crippen LogP contribution in [0.4, 0.5) is 0 Å². The van der Waals surface area contributed by atoms with Gasteiger partial charge in [-0.3, -0.25) is 0 Å². The van der Waals surface area contributed by atoms with Crippen molar-refractivity contribution in [3.8, 4) is 0 Å². The Morgan fingerprint density at radius 1 is 0.889 bits per heavy atom. The molecule has 2 aromatic rings. The molecule has 0 saturated heterocycles. The zero-order valence-electron chi connectivity index (χ0n) is 14.8. The maximum atomic E-state index is 12.7. The number of hydrogen-bond acceptors (Lipinski definition) is 4. The molecular formula is C22H16O4Se. The van der Waals surface area contributed by atoms with E-state index in [2.05, 4.69) is 30.3 Å². The SMILES string of the molecule is COC(=O)C1=C(C(=O)OC)C2=CC3c4ccccc4C2([Se]1)c1ccccc13. The summed E-state index contributed by atoms with van der Waals surface area (Å²) < 4.78 is 10.1. The summed E-state index contributed by atoms with van der Waals surface area (Å²) in [5.41, 5.74) is 6.16. The Bertz CT molecular complexity index is 1030. The van der Waals surface area contributed by atoms with Crippen LogP contribution in [0, 0.1) is 0 Å². The molecule has 0 N–H and O–H groups in total. The number of carbonyl (C=O) groups excluding carboxylic acids is 2. The predicted molar refractivity (Wildman–Crippen MR) is 100 cm³/mol. The van der Waals surface area contributed by atoms with Gasteiger partial charge in [-0.15, -0.1) is 0 Å². The van der Waals surface area contributed by atoms with Crippen LogP contribution in [0.2, 0.25) is 0 Å². The molecule has 4 aliphatic rings. The number of ether oxygens (including phenoxy) is 2. The van der Waals surface area contributed by atoms with E-state index in [-0.39, 0.29) is 20.9 Å². The second kappa shape index (κ2) is 5.69. The fourth-order valence-corrected chi connectivity index (χ4v) is 7.98. The molecule has 134 valence electrons. The summed E-state index contributed by atoms with van der Waals surface area (Å²) in [4.78, 5) is 25.3. The molecule has 3 aliphatic carbocycles. The fourth-order valence-electron chi connectivity index (χ4n) is 4.54. The summed E-state index contributed by atoms with van der Waals surface area (Å²) in [6, 6.07) is 16.7. The zero-order chi connectivity index (χ0) is 18.8. The van der Waals surface area contributed by atoms with E-state index in [1.54, 1.807) is 0 Å². The van der Waals surface area contributed by atoms with E-state index in [1.807, 2.05) is 24.3 Å². The average molecular weight is 423 g/mol. The Labute approximate surface area is 163 Å². The molecule has 4 nitrogen and oxygen atoms in total. The van der Waals surface area contributed by atoms with Crippen LogP contribution >= 0.6 is 0 Å². The molecule has 0 radical (unpaired) electrons. The van der Waals surface area contributed by atoms with Gasteiger partial charge in [0.05, 0.1) is 0 Å². The molecule has 2 bridgehead atoms. The molecule has 0 amide bonds. The van der Waals surface area contributed by atoms with E-state index in [4.69, 9.17) is 9.47 Å². The molecule has 2 aromatic carbocycles. The number of benzene rings is 2. The van der Waals surface area contributed by atoms with E-state index in [0.717, 1.165) is 5.57 Å². The quantitative estimate of drug-likeness (QED) is 0.551. The summed E-state index contributed by atoms with van der Waals surface area (Å²) in [7, 11) is 2.71. The van der Waals surface area contributed by atoms with Crippen molar-refractivity contribution in [3.05, 3.63) is 92.5 Å². The van der Waals surface area contributed by atoms with Crippen molar-refractivity contribution in [1.82, 2.24) is 0 Å². The van der Waals surface area contributed by atoms with Crippen molar-refractivity contribution in [2.45, 2.75) is 10.2 Å². The Balaban J connectivity index is 1.85. The van der Waals surface area contributed by atoms with Gasteiger partial charge in [-0.05, 0) is 0 Å². The van der Waals surface area contributed by atoms with Crippen LogP contribution in [-0.2, 0) is 23.4 Å². The van der Waals surface area contributed by atoms with Gasteiger partial charge in [0.25, 0.3) is 0 Å². The summed E-state index contributed by atoms with van der Waals surface area (Å²) in [5, 5.41) is 0. The molecule has 1 heterocycles. The Hall–Kier alpha value is -2.62. The van der Waals surface area contributed by atoms with Crippen molar-refractivity contribution < 1.29 is 19.1 Å². The Morgan fingerprint density at radius 3 is 2.00 bits per heavy atom. The van der Waals surface area contributed by atoms with E-state index in [1.165, 1.54) is 36.5 Å². The monoisotopic (exact) mass is 424 g/mol. The van der Waals surface area contributed by atoms with E-state index in [9.17, 15) is 9.59 Å². The standard InChI is InChI=1S/C22H16O4Se/c1-25-20(23)18-17-11-14-12-7-3-5-9-15(12)22(17,27-19(18)21(24)26-2)16-10-6-4-8-13(14)16/h3-11,14H,1-2H3. The second-order valence-corrected chi connectivity index (χ2v) is 9.27. The van der Waals surface area contributed by atoms with Crippen molar-refractivity contribution in [2.24, 2.45) is 0 Å². The van der Waals surface area contributed by atoms with E-state index in [0.29, 0.717) is 10.0 Å². The van der Waals surface area contributed by atoms with Gasteiger partial charge < -0.3 is 0 Å². The summed E-state index contributed by atoms with van der Waals surface area (Å²) in [6.07, 6.45) is 2.15. The molecule has 0 aromatic heterocycles. The zero-order valence-corrected chi connectivity index (χ0v) is 16.5. The van der Waals surface area contributed by atoms with Crippen LogP contribution in [-0.4, -0.2) is 41.1 Å². The fraction of sp³-hybridized carbons (Fsp3) is 0.182. The number of hydrogen-bond donors (Lipinski definition) is 0. The van der Waals surface area contributed by atoms with Crippen LogP contribution in [0.3, 0.4) is 0 Å². The third kappa shape index (κ3) is 1.93. The third-order valence-electron chi connectivity index (χ3n) is 5.57. The Morgan fingerprint density at radius 2 is 1.44 bits per heavy atom. The van der Waals surface area contributed by atoms with Gasteiger partial charge in [0.2, 0.25) is 0 Å². The van der Waals surface area contributed by atoms with Crippen LogP contribution in [0.25, 0.3) is 0 Å². The minimum atomic E-state index is -0.484. The first-order valence-corrected chi connectivity index (χ1v) is 10.4. The third-order valence-corrected chi connectivity index (χ3v) is 8.81. The number of esters is 2. The van der Waals surface area contributed by atoms with E-state index >= 15 is 0 Å². The Kier molecular flexibility index (Phi) is 3.48. The van der Waals surface area contributed by atoms with Crippen LogP contribution < -0.4 is 0 Å². The minimum absolute atomic E-state index is 0.0710. The molecule has 0 saturated carbocycles. The topological polar surface area (TPSA) is 52.6 Å². The normalized spacial score (nSPS) is 23.9. The van der Waals surface area contributed by atoms with Gasteiger partial charge in [0.1, 0.15) is 0 Å². The molecule has 5 heteroatoms. The second-order valence-electron chi connectivity index (χ2n) is 6.70.